The minimum atomic E-state index is -2.04. The van der Waals surface area contributed by atoms with Gasteiger partial charge in [-0.3, -0.25) is 0 Å². The molecule has 0 aromatic carbocycles. The molecule has 1 radical (unpaired) electrons. The van der Waals surface area contributed by atoms with E-state index >= 15 is 0 Å². The smallest absolute Gasteiger partial charge is 0.211 e. The molecule has 0 aliphatic heterocycles. The Morgan fingerprint density at radius 3 is 2.64 bits per heavy atom. The van der Waals surface area contributed by atoms with Crippen LogP contribution in [0.4, 0.5) is 0 Å². The fraction of sp³-hybridized carbons (Fsp3) is 0.857. The van der Waals surface area contributed by atoms with Crippen molar-refractivity contribution in [1.29, 1.82) is 0 Å². The third-order valence-electron chi connectivity index (χ3n) is 1.26. The summed E-state index contributed by atoms with van der Waals surface area (Å²) >= 11 is 0. The van der Waals surface area contributed by atoms with E-state index in [9.17, 15) is 8.42 Å². The first-order chi connectivity index (χ1) is 5.27. The molecule has 0 aliphatic rings. The summed E-state index contributed by atoms with van der Waals surface area (Å²) in [5, 5.41) is 5.17. The van der Waals surface area contributed by atoms with Gasteiger partial charge in [-0.25, -0.2) is 5.32 Å². The summed E-state index contributed by atoms with van der Waals surface area (Å²) in [6.45, 7) is 3.24. The maximum atomic E-state index is 9.97. The lowest BCUT2D eigenvalue weighted by Gasteiger charge is -1.95. The summed E-state index contributed by atoms with van der Waals surface area (Å²) in [6.07, 6.45) is 3.41. The van der Waals surface area contributed by atoms with Gasteiger partial charge in [0.25, 0.3) is 0 Å². The van der Waals surface area contributed by atoms with Crippen LogP contribution in [0.5, 0.6) is 0 Å². The second-order valence-corrected chi connectivity index (χ2v) is 3.12. The molecule has 0 N–H and O–H groups in total. The standard InChI is InChI=1S/C7H14NO2S/c1-2-3-4-5-8-6-7-11(9)10/h7H,2-6H2,1H3. The van der Waals surface area contributed by atoms with Gasteiger partial charge in [0.15, 0.2) is 0 Å². The summed E-state index contributed by atoms with van der Waals surface area (Å²) in [4.78, 5) is 0. The van der Waals surface area contributed by atoms with Crippen LogP contribution in [0.2, 0.25) is 0 Å². The van der Waals surface area contributed by atoms with E-state index < -0.39 is 10.3 Å². The Morgan fingerprint density at radius 2 is 2.09 bits per heavy atom. The molecule has 0 aliphatic carbocycles. The van der Waals surface area contributed by atoms with E-state index in [1.807, 2.05) is 0 Å². The van der Waals surface area contributed by atoms with Gasteiger partial charge in [-0.2, -0.15) is 8.42 Å². The zero-order valence-corrected chi connectivity index (χ0v) is 7.60. The quantitative estimate of drug-likeness (QED) is 0.436. The Hall–Kier alpha value is -0.350. The molecule has 0 fully saturated rings. The van der Waals surface area contributed by atoms with Crippen LogP contribution >= 0.6 is 0 Å². The van der Waals surface area contributed by atoms with Crippen LogP contribution in [0.3, 0.4) is 0 Å². The predicted molar refractivity (Wildman–Crippen MR) is 46.4 cm³/mol. The van der Waals surface area contributed by atoms with Crippen LogP contribution in [-0.2, 0) is 10.3 Å². The molecular formula is C7H14NO2S. The Bertz CT molecular complexity index is 188. The molecule has 0 saturated heterocycles. The Balaban J connectivity index is 3.09. The largest absolute Gasteiger partial charge is 0.237 e. The Kier molecular flexibility index (Phi) is 7.51. The zero-order chi connectivity index (χ0) is 8.53. The molecule has 3 nitrogen and oxygen atoms in total. The van der Waals surface area contributed by atoms with Crippen LogP contribution in [0.15, 0.2) is 0 Å². The van der Waals surface area contributed by atoms with E-state index in [-0.39, 0.29) is 0 Å². The minimum Gasteiger partial charge on any atom is -0.237 e. The Morgan fingerprint density at radius 1 is 1.36 bits per heavy atom. The summed E-state index contributed by atoms with van der Waals surface area (Å²) in [7, 11) is -2.04. The Labute approximate surface area is 69.3 Å². The first kappa shape index (κ1) is 10.7. The lowest BCUT2D eigenvalue weighted by Crippen LogP contribution is -2.09. The highest BCUT2D eigenvalue weighted by Gasteiger charge is 1.85. The van der Waals surface area contributed by atoms with E-state index in [1.54, 1.807) is 0 Å². The molecule has 0 unspecified atom stereocenters. The van der Waals surface area contributed by atoms with Crippen molar-refractivity contribution in [3.8, 4) is 0 Å². The van der Waals surface area contributed by atoms with Crippen molar-refractivity contribution in [2.24, 2.45) is 0 Å². The maximum Gasteiger partial charge on any atom is 0.211 e. The molecule has 0 amide bonds. The van der Waals surface area contributed by atoms with Gasteiger partial charge in [0.2, 0.25) is 10.3 Å². The van der Waals surface area contributed by atoms with Crippen molar-refractivity contribution in [3.63, 3.8) is 0 Å². The molecule has 0 saturated carbocycles. The van der Waals surface area contributed by atoms with E-state index in [4.69, 9.17) is 0 Å². The third kappa shape index (κ3) is 9.65. The van der Waals surface area contributed by atoms with Gasteiger partial charge in [-0.05, 0) is 6.42 Å². The van der Waals surface area contributed by atoms with Gasteiger partial charge in [0, 0.05) is 13.1 Å². The molecule has 4 heteroatoms. The second-order valence-electron chi connectivity index (χ2n) is 2.26. The normalized spacial score (nSPS) is 9.55. The van der Waals surface area contributed by atoms with Crippen molar-refractivity contribution < 1.29 is 8.42 Å². The van der Waals surface area contributed by atoms with Crippen LogP contribution in [0.1, 0.15) is 26.2 Å². The number of nitrogens with zero attached hydrogens (tertiary/aromatic N) is 1. The van der Waals surface area contributed by atoms with Gasteiger partial charge in [0.1, 0.15) is 0 Å². The van der Waals surface area contributed by atoms with E-state index in [1.165, 1.54) is 18.2 Å². The predicted octanol–water partition coefficient (Wildman–Crippen LogP) is 0.462. The fourth-order valence-electron chi connectivity index (χ4n) is 0.678. The van der Waals surface area contributed by atoms with Crippen molar-refractivity contribution in [1.82, 2.24) is 5.32 Å². The zero-order valence-electron chi connectivity index (χ0n) is 6.78. The molecule has 0 atom stereocenters. The topological polar surface area (TPSA) is 48.2 Å². The van der Waals surface area contributed by atoms with Crippen molar-refractivity contribution in [2.45, 2.75) is 26.2 Å². The van der Waals surface area contributed by atoms with Crippen LogP contribution in [0, 0.1) is 0 Å². The summed E-state index contributed by atoms with van der Waals surface area (Å²) in [5.41, 5.74) is 0. The number of hydrogen-bond donors (Lipinski definition) is 0. The highest BCUT2D eigenvalue weighted by molar-refractivity contribution is 7.71. The molecule has 0 aromatic rings. The van der Waals surface area contributed by atoms with Gasteiger partial charge >= 0.3 is 0 Å². The van der Waals surface area contributed by atoms with Crippen LogP contribution in [-0.4, -0.2) is 26.9 Å². The number of hydrogen-bond acceptors (Lipinski definition) is 2. The molecule has 65 valence electrons. The number of unbranched alkanes of at least 4 members (excludes halogenated alkanes) is 2. The molecule has 0 spiro atoms. The molecule has 0 rings (SSSR count). The van der Waals surface area contributed by atoms with Crippen LogP contribution in [0.25, 0.3) is 0 Å². The lowest BCUT2D eigenvalue weighted by molar-refractivity contribution is 0.625. The van der Waals surface area contributed by atoms with Crippen LogP contribution < -0.4 is 5.32 Å². The highest BCUT2D eigenvalue weighted by Crippen LogP contribution is 1.90. The molecule has 0 heterocycles. The molecular weight excluding hydrogens is 162 g/mol. The molecule has 11 heavy (non-hydrogen) atoms. The lowest BCUT2D eigenvalue weighted by atomic mass is 10.2. The van der Waals surface area contributed by atoms with Crippen molar-refractivity contribution >= 4 is 15.7 Å². The summed E-state index contributed by atoms with van der Waals surface area (Å²) < 4.78 is 19.9. The molecule has 0 aromatic heterocycles. The fourth-order valence-corrected chi connectivity index (χ4v) is 0.906. The average Bonchev–Trinajstić information content (AvgIpc) is 1.96. The maximum absolute atomic E-state index is 9.97. The monoisotopic (exact) mass is 176 g/mol. The average molecular weight is 176 g/mol. The van der Waals surface area contributed by atoms with E-state index in [0.717, 1.165) is 13.0 Å². The highest BCUT2D eigenvalue weighted by atomic mass is 32.2. The van der Waals surface area contributed by atoms with Gasteiger partial charge in [0.05, 0.1) is 5.37 Å². The van der Waals surface area contributed by atoms with Gasteiger partial charge in [-0.1, -0.05) is 19.8 Å². The first-order valence-electron chi connectivity index (χ1n) is 3.82. The SMILES string of the molecule is CCCCC[N]CC=S(=O)=O. The van der Waals surface area contributed by atoms with Crippen molar-refractivity contribution in [3.05, 3.63) is 0 Å². The summed E-state index contributed by atoms with van der Waals surface area (Å²) in [6, 6.07) is 0. The van der Waals surface area contributed by atoms with E-state index in [2.05, 4.69) is 12.2 Å². The number of rotatable bonds is 6. The third-order valence-corrected chi connectivity index (χ3v) is 1.68. The summed E-state index contributed by atoms with van der Waals surface area (Å²) in [5.74, 6) is 0. The van der Waals surface area contributed by atoms with Gasteiger partial charge < -0.3 is 0 Å². The first-order valence-corrected chi connectivity index (χ1v) is 4.95. The van der Waals surface area contributed by atoms with Crippen molar-refractivity contribution in [2.75, 3.05) is 13.1 Å². The van der Waals surface area contributed by atoms with Gasteiger partial charge in [-0.15, -0.1) is 0 Å². The second kappa shape index (κ2) is 7.75. The minimum absolute atomic E-state index is 0.333. The molecule has 0 bridgehead atoms. The van der Waals surface area contributed by atoms with E-state index in [0.29, 0.717) is 6.54 Å².